The van der Waals surface area contributed by atoms with E-state index in [1.807, 2.05) is 6.07 Å². The van der Waals surface area contributed by atoms with Crippen molar-refractivity contribution < 1.29 is 4.74 Å². The molecule has 4 heteroatoms. The average Bonchev–Trinajstić information content (AvgIpc) is 2.42. The number of halogens is 1. The summed E-state index contributed by atoms with van der Waals surface area (Å²) in [6, 6.07) is 6.34. The van der Waals surface area contributed by atoms with E-state index in [1.54, 1.807) is 7.11 Å². The van der Waals surface area contributed by atoms with E-state index < -0.39 is 0 Å². The predicted octanol–water partition coefficient (Wildman–Crippen LogP) is 2.84. The maximum Gasteiger partial charge on any atom is 0.133 e. The molecule has 2 N–H and O–H groups in total. The number of hydrogen-bond donors (Lipinski definition) is 1. The van der Waals surface area contributed by atoms with Gasteiger partial charge in [-0.25, -0.2) is 0 Å². The summed E-state index contributed by atoms with van der Waals surface area (Å²) in [6.45, 7) is 3.07. The summed E-state index contributed by atoms with van der Waals surface area (Å²) < 4.78 is 6.30. The van der Waals surface area contributed by atoms with Crippen LogP contribution in [-0.4, -0.2) is 38.7 Å². The smallest absolute Gasteiger partial charge is 0.133 e. The van der Waals surface area contributed by atoms with E-state index in [0.717, 1.165) is 10.2 Å². The number of nitrogens with zero attached hydrogens (tertiary/aromatic N) is 1. The lowest BCUT2D eigenvalue weighted by Gasteiger charge is -2.34. The number of hydrogen-bond acceptors (Lipinski definition) is 3. The number of piperidine rings is 1. The number of methoxy groups -OCH3 is 1. The molecule has 0 bridgehead atoms. The minimum absolute atomic E-state index is 0.455. The van der Waals surface area contributed by atoms with Crippen molar-refractivity contribution in [2.45, 2.75) is 18.8 Å². The molecule has 0 aliphatic carbocycles. The van der Waals surface area contributed by atoms with Gasteiger partial charge in [0.1, 0.15) is 5.75 Å². The number of nitrogens with two attached hydrogens (primary N) is 1. The molecule has 0 saturated carbocycles. The van der Waals surface area contributed by atoms with E-state index in [-0.39, 0.29) is 0 Å². The number of benzene rings is 1. The van der Waals surface area contributed by atoms with Crippen LogP contribution in [0.5, 0.6) is 5.75 Å². The van der Waals surface area contributed by atoms with Crippen LogP contribution in [0.4, 0.5) is 0 Å². The topological polar surface area (TPSA) is 38.5 Å². The first-order chi connectivity index (χ1) is 9.15. The van der Waals surface area contributed by atoms with Crippen molar-refractivity contribution in [3.63, 3.8) is 0 Å². The van der Waals surface area contributed by atoms with Gasteiger partial charge in [-0.15, -0.1) is 0 Å². The molecule has 1 fully saturated rings. The van der Waals surface area contributed by atoms with Crippen molar-refractivity contribution >= 4 is 15.9 Å². The van der Waals surface area contributed by atoms with E-state index in [9.17, 15) is 0 Å². The molecule has 0 radical (unpaired) electrons. The van der Waals surface area contributed by atoms with Crippen LogP contribution in [0.3, 0.4) is 0 Å². The van der Waals surface area contributed by atoms with Gasteiger partial charge in [0.15, 0.2) is 0 Å². The Hall–Kier alpha value is -0.580. The van der Waals surface area contributed by atoms with Gasteiger partial charge < -0.3 is 15.4 Å². The molecule has 0 amide bonds. The quantitative estimate of drug-likeness (QED) is 0.924. The maximum absolute atomic E-state index is 6.03. The summed E-state index contributed by atoms with van der Waals surface area (Å²) in [5.74, 6) is 2.03. The van der Waals surface area contributed by atoms with Gasteiger partial charge in [0.05, 0.1) is 11.6 Å². The summed E-state index contributed by atoms with van der Waals surface area (Å²) in [4.78, 5) is 2.40. The minimum Gasteiger partial charge on any atom is -0.496 e. The van der Waals surface area contributed by atoms with Crippen molar-refractivity contribution in [2.24, 2.45) is 11.7 Å². The molecule has 1 heterocycles. The monoisotopic (exact) mass is 326 g/mol. The Morgan fingerprint density at radius 1 is 1.42 bits per heavy atom. The standard InChI is InChI=1S/C15H23BrN2O/c1-18-7-5-11(6-8-18)13(10-17)12-3-4-15(19-2)14(16)9-12/h3-4,9,11,13H,5-8,10,17H2,1-2H3. The molecule has 3 nitrogen and oxygen atoms in total. The van der Waals surface area contributed by atoms with Crippen LogP contribution < -0.4 is 10.5 Å². The lowest BCUT2D eigenvalue weighted by atomic mass is 9.80. The number of likely N-dealkylation sites (tertiary alicyclic amines) is 1. The molecule has 1 atom stereocenters. The second-order valence-electron chi connectivity index (χ2n) is 5.38. The normalized spacial score (nSPS) is 19.4. The molecule has 106 valence electrons. The molecule has 0 spiro atoms. The third-order valence-corrected chi connectivity index (χ3v) is 4.81. The molecule has 1 aliphatic heterocycles. The highest BCUT2D eigenvalue weighted by Gasteiger charge is 2.26. The zero-order valence-electron chi connectivity index (χ0n) is 11.7. The van der Waals surface area contributed by atoms with Gasteiger partial charge in [-0.3, -0.25) is 0 Å². The first kappa shape index (κ1) is 14.8. The van der Waals surface area contributed by atoms with Crippen LogP contribution in [0.1, 0.15) is 24.3 Å². The van der Waals surface area contributed by atoms with Crippen molar-refractivity contribution in [1.29, 1.82) is 0 Å². The van der Waals surface area contributed by atoms with Gasteiger partial charge in [-0.05, 0) is 85.0 Å². The highest BCUT2D eigenvalue weighted by atomic mass is 79.9. The Morgan fingerprint density at radius 3 is 2.63 bits per heavy atom. The van der Waals surface area contributed by atoms with Crippen molar-refractivity contribution in [3.8, 4) is 5.75 Å². The molecule has 19 heavy (non-hydrogen) atoms. The molecule has 1 unspecified atom stereocenters. The molecule has 1 aromatic rings. The lowest BCUT2D eigenvalue weighted by molar-refractivity contribution is 0.199. The van der Waals surface area contributed by atoms with Crippen LogP contribution in [0.15, 0.2) is 22.7 Å². The van der Waals surface area contributed by atoms with E-state index in [4.69, 9.17) is 10.5 Å². The summed E-state index contributed by atoms with van der Waals surface area (Å²) >= 11 is 3.56. The van der Waals surface area contributed by atoms with Crippen molar-refractivity contribution in [2.75, 3.05) is 33.8 Å². The van der Waals surface area contributed by atoms with E-state index in [2.05, 4.69) is 40.0 Å². The van der Waals surface area contributed by atoms with Crippen LogP contribution in [0.25, 0.3) is 0 Å². The minimum atomic E-state index is 0.455. The molecular weight excluding hydrogens is 304 g/mol. The Morgan fingerprint density at radius 2 is 2.11 bits per heavy atom. The Kier molecular flexibility index (Phi) is 5.25. The molecule has 1 aliphatic rings. The Bertz CT molecular complexity index is 417. The fourth-order valence-corrected chi connectivity index (χ4v) is 3.50. The van der Waals surface area contributed by atoms with Crippen LogP contribution >= 0.6 is 15.9 Å². The zero-order chi connectivity index (χ0) is 13.8. The largest absolute Gasteiger partial charge is 0.496 e. The number of ether oxygens (including phenoxy) is 1. The van der Waals surface area contributed by atoms with Crippen LogP contribution in [0.2, 0.25) is 0 Å². The SMILES string of the molecule is COc1ccc(C(CN)C2CCN(C)CC2)cc1Br. The van der Waals surface area contributed by atoms with Gasteiger partial charge >= 0.3 is 0 Å². The van der Waals surface area contributed by atoms with Crippen molar-refractivity contribution in [3.05, 3.63) is 28.2 Å². The fraction of sp³-hybridized carbons (Fsp3) is 0.600. The first-order valence-corrected chi connectivity index (χ1v) is 7.67. The van der Waals surface area contributed by atoms with Crippen LogP contribution in [-0.2, 0) is 0 Å². The van der Waals surface area contributed by atoms with Crippen molar-refractivity contribution in [1.82, 2.24) is 4.90 Å². The Labute approximate surface area is 124 Å². The predicted molar refractivity (Wildman–Crippen MR) is 82.7 cm³/mol. The lowest BCUT2D eigenvalue weighted by Crippen LogP contribution is -2.34. The summed E-state index contributed by atoms with van der Waals surface area (Å²) in [7, 11) is 3.88. The second-order valence-corrected chi connectivity index (χ2v) is 6.23. The molecule has 1 saturated heterocycles. The molecular formula is C15H23BrN2O. The highest BCUT2D eigenvalue weighted by Crippen LogP contribution is 2.35. The van der Waals surface area contributed by atoms with E-state index in [1.165, 1.54) is 31.5 Å². The number of rotatable bonds is 4. The Balaban J connectivity index is 2.15. The summed E-state index contributed by atoms with van der Waals surface area (Å²) in [6.07, 6.45) is 2.48. The second kappa shape index (κ2) is 6.73. The summed E-state index contributed by atoms with van der Waals surface area (Å²) in [5.41, 5.74) is 7.35. The summed E-state index contributed by atoms with van der Waals surface area (Å²) in [5, 5.41) is 0. The van der Waals surface area contributed by atoms with Crippen LogP contribution in [0, 0.1) is 5.92 Å². The van der Waals surface area contributed by atoms with Gasteiger partial charge in [0.2, 0.25) is 0 Å². The first-order valence-electron chi connectivity index (χ1n) is 6.87. The molecule has 2 rings (SSSR count). The van der Waals surface area contributed by atoms with Gasteiger partial charge in [-0.1, -0.05) is 6.07 Å². The van der Waals surface area contributed by atoms with Gasteiger partial charge in [0, 0.05) is 0 Å². The van der Waals surface area contributed by atoms with Gasteiger partial charge in [-0.2, -0.15) is 0 Å². The highest BCUT2D eigenvalue weighted by molar-refractivity contribution is 9.10. The maximum atomic E-state index is 6.03. The zero-order valence-corrected chi connectivity index (χ0v) is 13.3. The average molecular weight is 327 g/mol. The fourth-order valence-electron chi connectivity index (χ4n) is 2.94. The third-order valence-electron chi connectivity index (χ3n) is 4.19. The third kappa shape index (κ3) is 3.50. The van der Waals surface area contributed by atoms with E-state index >= 15 is 0 Å². The molecule has 1 aromatic carbocycles. The van der Waals surface area contributed by atoms with E-state index in [0.29, 0.717) is 18.4 Å². The molecule has 0 aromatic heterocycles. The van der Waals surface area contributed by atoms with Gasteiger partial charge in [0.25, 0.3) is 0 Å².